The van der Waals surface area contributed by atoms with E-state index in [2.05, 4.69) is 20.4 Å². The largest absolute Gasteiger partial charge is 0.311 e. The molecule has 1 aliphatic rings. The molecule has 1 N–H and O–H groups in total. The molecule has 3 aromatic rings. The van der Waals surface area contributed by atoms with Gasteiger partial charge in [-0.25, -0.2) is 9.67 Å². The first-order valence-electron chi connectivity index (χ1n) is 10.0. The summed E-state index contributed by atoms with van der Waals surface area (Å²) >= 11 is 0. The molecule has 4 heterocycles. The van der Waals surface area contributed by atoms with Crippen molar-refractivity contribution in [3.8, 4) is 11.1 Å². The van der Waals surface area contributed by atoms with E-state index in [1.807, 2.05) is 36.7 Å². The van der Waals surface area contributed by atoms with Crippen LogP contribution in [0.1, 0.15) is 30.5 Å². The van der Waals surface area contributed by atoms with E-state index < -0.39 is 0 Å². The highest BCUT2D eigenvalue weighted by molar-refractivity contribution is 5.97. The van der Waals surface area contributed by atoms with E-state index in [1.54, 1.807) is 29.6 Å². The molecule has 0 saturated heterocycles. The molecule has 3 aromatic heterocycles. The molecule has 0 aliphatic carbocycles. The van der Waals surface area contributed by atoms with Gasteiger partial charge >= 0.3 is 0 Å². The molecule has 0 bridgehead atoms. The van der Waals surface area contributed by atoms with Gasteiger partial charge in [0, 0.05) is 61.7 Å². The van der Waals surface area contributed by atoms with Gasteiger partial charge in [-0.05, 0) is 44.0 Å². The van der Waals surface area contributed by atoms with Crippen molar-refractivity contribution in [3.63, 3.8) is 0 Å². The molecule has 0 aromatic carbocycles. The van der Waals surface area contributed by atoms with Crippen molar-refractivity contribution in [3.05, 3.63) is 54.1 Å². The number of pyridine rings is 2. The van der Waals surface area contributed by atoms with Crippen LogP contribution >= 0.6 is 0 Å². The van der Waals surface area contributed by atoms with E-state index >= 15 is 0 Å². The van der Waals surface area contributed by atoms with Gasteiger partial charge in [-0.1, -0.05) is 0 Å². The first-order valence-corrected chi connectivity index (χ1v) is 10.0. The third kappa shape index (κ3) is 4.37. The summed E-state index contributed by atoms with van der Waals surface area (Å²) in [4.78, 5) is 35.2. The van der Waals surface area contributed by atoms with Crippen LogP contribution < -0.4 is 10.2 Å². The number of aryl methyl sites for hydroxylation is 3. The molecular formula is C22H24N6O2. The first-order chi connectivity index (χ1) is 14.5. The van der Waals surface area contributed by atoms with Crippen molar-refractivity contribution in [1.29, 1.82) is 0 Å². The van der Waals surface area contributed by atoms with E-state index in [0.29, 0.717) is 12.4 Å². The lowest BCUT2D eigenvalue weighted by atomic mass is 10.1. The highest BCUT2D eigenvalue weighted by atomic mass is 16.2. The molecule has 0 fully saturated rings. The van der Waals surface area contributed by atoms with Gasteiger partial charge < -0.3 is 5.32 Å². The molecule has 1 aliphatic heterocycles. The number of nitrogens with zero attached hydrogens (tertiary/aromatic N) is 5. The van der Waals surface area contributed by atoms with E-state index in [1.165, 1.54) is 0 Å². The monoisotopic (exact) mass is 404 g/mol. The van der Waals surface area contributed by atoms with Crippen LogP contribution in [0.5, 0.6) is 0 Å². The summed E-state index contributed by atoms with van der Waals surface area (Å²) in [5.74, 6) is 0.972. The van der Waals surface area contributed by atoms with Gasteiger partial charge in [0.05, 0.1) is 5.69 Å². The Bertz CT molecular complexity index is 1070. The predicted molar refractivity (Wildman–Crippen MR) is 114 cm³/mol. The minimum atomic E-state index is -0.234. The van der Waals surface area contributed by atoms with Gasteiger partial charge in [0.25, 0.3) is 0 Å². The smallest absolute Gasteiger partial charge is 0.228 e. The zero-order valence-electron chi connectivity index (χ0n) is 17.1. The van der Waals surface area contributed by atoms with E-state index in [4.69, 9.17) is 0 Å². The van der Waals surface area contributed by atoms with Gasteiger partial charge in [-0.3, -0.25) is 19.5 Å². The van der Waals surface area contributed by atoms with Crippen molar-refractivity contribution >= 4 is 23.5 Å². The third-order valence-electron chi connectivity index (χ3n) is 5.02. The van der Waals surface area contributed by atoms with Gasteiger partial charge in [0.2, 0.25) is 11.8 Å². The zero-order valence-corrected chi connectivity index (χ0v) is 17.1. The van der Waals surface area contributed by atoms with Crippen LogP contribution in [0.25, 0.3) is 11.1 Å². The van der Waals surface area contributed by atoms with Crippen LogP contribution in [0.2, 0.25) is 0 Å². The average Bonchev–Trinajstić information content (AvgIpc) is 3.12. The molecular weight excluding hydrogens is 380 g/mol. The summed E-state index contributed by atoms with van der Waals surface area (Å²) in [5, 5.41) is 7.16. The fraction of sp³-hybridized carbons (Fsp3) is 0.318. The molecule has 0 atom stereocenters. The molecule has 2 amide bonds. The number of nitrogens with one attached hydrogen (secondary N) is 1. The van der Waals surface area contributed by atoms with Crippen molar-refractivity contribution in [2.24, 2.45) is 0 Å². The zero-order chi connectivity index (χ0) is 21.1. The minimum Gasteiger partial charge on any atom is -0.311 e. The Morgan fingerprint density at radius 2 is 1.90 bits per heavy atom. The van der Waals surface area contributed by atoms with Crippen molar-refractivity contribution in [1.82, 2.24) is 19.7 Å². The lowest BCUT2D eigenvalue weighted by Crippen LogP contribution is -2.37. The Hall–Kier alpha value is -3.55. The number of fused-ring (bicyclic) bond motifs is 1. The third-order valence-corrected chi connectivity index (χ3v) is 5.02. The molecule has 0 spiro atoms. The van der Waals surface area contributed by atoms with E-state index in [9.17, 15) is 9.59 Å². The van der Waals surface area contributed by atoms with Crippen LogP contribution in [0.3, 0.4) is 0 Å². The number of rotatable bonds is 5. The maximum absolute atomic E-state index is 12.6. The molecule has 0 unspecified atom stereocenters. The molecule has 8 nitrogen and oxygen atoms in total. The average molecular weight is 404 g/mol. The molecule has 8 heteroatoms. The first kappa shape index (κ1) is 19.8. The Morgan fingerprint density at radius 3 is 2.67 bits per heavy atom. The van der Waals surface area contributed by atoms with Crippen LogP contribution in [0.4, 0.5) is 11.6 Å². The Balaban J connectivity index is 1.32. The second kappa shape index (κ2) is 8.44. The van der Waals surface area contributed by atoms with Gasteiger partial charge in [-0.15, -0.1) is 0 Å². The molecule has 0 radical (unpaired) electrons. The van der Waals surface area contributed by atoms with Crippen LogP contribution in [-0.2, 0) is 16.1 Å². The predicted octanol–water partition coefficient (Wildman–Crippen LogP) is 3.11. The maximum Gasteiger partial charge on any atom is 0.228 e. The standard InChI is InChI=1S/C22H24N6O2/c1-15-10-18(13-23-12-15)17-4-5-19(24-14-17)25-20(29)6-7-22(30)27-8-3-9-28-21(27)11-16(2)26-28/h4-5,10-14H,3,6-9H2,1-2H3,(H,24,25,29). The van der Waals surface area contributed by atoms with Gasteiger partial charge in [0.15, 0.2) is 0 Å². The lowest BCUT2D eigenvalue weighted by molar-refractivity contribution is -0.122. The summed E-state index contributed by atoms with van der Waals surface area (Å²) in [6.45, 7) is 5.37. The lowest BCUT2D eigenvalue weighted by Gasteiger charge is -2.27. The molecule has 4 rings (SSSR count). The van der Waals surface area contributed by atoms with Crippen molar-refractivity contribution < 1.29 is 9.59 Å². The highest BCUT2D eigenvalue weighted by Gasteiger charge is 2.24. The van der Waals surface area contributed by atoms with Crippen LogP contribution in [-0.4, -0.2) is 38.1 Å². The SMILES string of the molecule is Cc1cncc(-c2ccc(NC(=O)CCC(=O)N3CCCn4nc(C)cc43)nc2)c1. The summed E-state index contributed by atoms with van der Waals surface area (Å²) in [5.41, 5.74) is 3.86. The van der Waals surface area contributed by atoms with Gasteiger partial charge in [-0.2, -0.15) is 5.10 Å². The number of anilines is 2. The molecule has 0 saturated carbocycles. The second-order valence-electron chi connectivity index (χ2n) is 7.50. The van der Waals surface area contributed by atoms with Crippen molar-refractivity contribution in [2.45, 2.75) is 39.7 Å². The fourth-order valence-corrected chi connectivity index (χ4v) is 3.57. The Kier molecular flexibility index (Phi) is 5.56. The number of amides is 2. The minimum absolute atomic E-state index is 0.0683. The summed E-state index contributed by atoms with van der Waals surface area (Å²) in [6, 6.07) is 7.58. The highest BCUT2D eigenvalue weighted by Crippen LogP contribution is 2.23. The van der Waals surface area contributed by atoms with E-state index in [0.717, 1.165) is 41.2 Å². The number of aromatic nitrogens is 4. The number of hydrogen-bond acceptors (Lipinski definition) is 5. The quantitative estimate of drug-likeness (QED) is 0.705. The Labute approximate surface area is 175 Å². The van der Waals surface area contributed by atoms with E-state index in [-0.39, 0.29) is 24.7 Å². The topological polar surface area (TPSA) is 93.0 Å². The normalized spacial score (nSPS) is 13.1. The van der Waals surface area contributed by atoms with Gasteiger partial charge in [0.1, 0.15) is 11.6 Å². The number of hydrogen-bond donors (Lipinski definition) is 1. The van der Waals surface area contributed by atoms with Crippen LogP contribution in [0.15, 0.2) is 42.9 Å². The molecule has 30 heavy (non-hydrogen) atoms. The van der Waals surface area contributed by atoms with Crippen LogP contribution in [0, 0.1) is 13.8 Å². The fourth-order valence-electron chi connectivity index (χ4n) is 3.57. The molecule has 154 valence electrons. The second-order valence-corrected chi connectivity index (χ2v) is 7.50. The summed E-state index contributed by atoms with van der Waals surface area (Å²) < 4.78 is 1.85. The number of carbonyl (C=O) groups is 2. The number of carbonyl (C=O) groups excluding carboxylic acids is 2. The van der Waals surface area contributed by atoms with Crippen molar-refractivity contribution in [2.75, 3.05) is 16.8 Å². The summed E-state index contributed by atoms with van der Waals surface area (Å²) in [7, 11) is 0. The summed E-state index contributed by atoms with van der Waals surface area (Å²) in [6.07, 6.45) is 6.39. The maximum atomic E-state index is 12.6. The Morgan fingerprint density at radius 1 is 1.03 bits per heavy atom.